The molecule has 1 unspecified atom stereocenters. The van der Waals surface area contributed by atoms with Gasteiger partial charge in [-0.25, -0.2) is 18.7 Å². The van der Waals surface area contributed by atoms with Crippen molar-refractivity contribution in [2.24, 2.45) is 0 Å². The van der Waals surface area contributed by atoms with Crippen molar-refractivity contribution in [3.8, 4) is 0 Å². The van der Waals surface area contributed by atoms with Gasteiger partial charge in [-0.1, -0.05) is 0 Å². The smallest absolute Gasteiger partial charge is 0.260 e. The average molecular weight is 526 g/mol. The summed E-state index contributed by atoms with van der Waals surface area (Å²) in [5.74, 6) is -1.74. The Morgan fingerprint density at radius 3 is 2.47 bits per heavy atom. The number of aromatic nitrogens is 4. The van der Waals surface area contributed by atoms with Crippen LogP contribution in [-0.4, -0.2) is 56.2 Å². The van der Waals surface area contributed by atoms with Gasteiger partial charge < -0.3 is 20.5 Å². The molecule has 7 rings (SSSR count). The number of hydrogen-bond donors (Lipinski definition) is 3. The summed E-state index contributed by atoms with van der Waals surface area (Å²) in [6.45, 7) is 3.70. The summed E-state index contributed by atoms with van der Waals surface area (Å²) in [4.78, 5) is 53.8. The Morgan fingerprint density at radius 2 is 1.87 bits per heavy atom. The number of pyridine rings is 2. The van der Waals surface area contributed by atoms with Crippen LogP contribution in [0.4, 0.5) is 26.2 Å². The quantitative estimate of drug-likeness (QED) is 0.440. The minimum Gasteiger partial charge on any atom is -0.309 e. The van der Waals surface area contributed by atoms with Gasteiger partial charge in [0, 0.05) is 49.5 Å². The fraction of sp³-hybridized carbons (Fsp3) is 0.462. The van der Waals surface area contributed by atoms with Crippen LogP contribution in [-0.2, 0) is 4.79 Å². The molecule has 0 aromatic carbocycles. The van der Waals surface area contributed by atoms with Crippen molar-refractivity contribution in [1.82, 2.24) is 25.3 Å². The second kappa shape index (κ2) is 10.2. The first-order valence-corrected chi connectivity index (χ1v) is 12.7. The largest absolute Gasteiger partial charge is 0.309 e. The molecule has 3 saturated heterocycles. The van der Waals surface area contributed by atoms with Crippen LogP contribution >= 0.6 is 0 Å². The van der Waals surface area contributed by atoms with Gasteiger partial charge in [0.05, 0.1) is 17.4 Å². The molecule has 2 bridgehead atoms. The van der Waals surface area contributed by atoms with Gasteiger partial charge in [0.15, 0.2) is 5.78 Å². The molecule has 4 fully saturated rings. The highest BCUT2D eigenvalue weighted by Gasteiger charge is 2.37. The summed E-state index contributed by atoms with van der Waals surface area (Å²) >= 11 is 0. The van der Waals surface area contributed by atoms with Crippen molar-refractivity contribution in [3.63, 3.8) is 0 Å². The molecule has 1 amide bonds. The van der Waals surface area contributed by atoms with Gasteiger partial charge in [-0.15, -0.1) is 0 Å². The van der Waals surface area contributed by atoms with Gasteiger partial charge in [-0.05, 0) is 50.8 Å². The molecule has 6 heterocycles. The van der Waals surface area contributed by atoms with E-state index >= 15 is 0 Å². The lowest BCUT2D eigenvalue weighted by atomic mass is 9.96. The first-order chi connectivity index (χ1) is 18.1. The summed E-state index contributed by atoms with van der Waals surface area (Å²) in [5.41, 5.74) is 1.28. The molecular weight excluding hydrogens is 496 g/mol. The Balaban J connectivity index is 0.000000366. The third-order valence-corrected chi connectivity index (χ3v) is 7.18. The van der Waals surface area contributed by atoms with Crippen LogP contribution in [0.2, 0.25) is 0 Å². The number of amides is 1. The molecule has 10 nitrogen and oxygen atoms in total. The van der Waals surface area contributed by atoms with E-state index in [1.165, 1.54) is 6.92 Å². The van der Waals surface area contributed by atoms with Crippen LogP contribution in [0.5, 0.6) is 0 Å². The number of alkyl halides is 2. The van der Waals surface area contributed by atoms with Crippen molar-refractivity contribution >= 4 is 40.2 Å². The average Bonchev–Trinajstić information content (AvgIpc) is 3.07. The topological polar surface area (TPSA) is 133 Å². The maximum Gasteiger partial charge on any atom is 0.260 e. The highest BCUT2D eigenvalue weighted by Crippen LogP contribution is 2.34. The number of ketones is 1. The molecule has 4 aliphatic rings. The van der Waals surface area contributed by atoms with Crippen molar-refractivity contribution in [1.29, 1.82) is 0 Å². The van der Waals surface area contributed by atoms with Crippen molar-refractivity contribution in [3.05, 3.63) is 46.0 Å². The first-order valence-electron chi connectivity index (χ1n) is 12.7. The van der Waals surface area contributed by atoms with Crippen molar-refractivity contribution in [2.75, 3.05) is 16.8 Å². The molecule has 1 saturated carbocycles. The Bertz CT molecular complexity index is 1430. The number of carbonyl (C=O) groups is 2. The van der Waals surface area contributed by atoms with Crippen LogP contribution in [0.25, 0.3) is 11.0 Å². The zero-order valence-electron chi connectivity index (χ0n) is 21.2. The van der Waals surface area contributed by atoms with Crippen molar-refractivity contribution < 1.29 is 18.4 Å². The number of anilines is 3. The fourth-order valence-electron chi connectivity index (χ4n) is 5.15. The number of nitrogens with zero attached hydrogens (tertiary/aromatic N) is 4. The molecule has 38 heavy (non-hydrogen) atoms. The number of aromatic amines is 1. The lowest BCUT2D eigenvalue weighted by Crippen LogP contribution is -2.53. The number of rotatable bonds is 4. The second-order valence-corrected chi connectivity index (χ2v) is 10.1. The van der Waals surface area contributed by atoms with Crippen LogP contribution in [0.15, 0.2) is 29.3 Å². The molecule has 1 aliphatic carbocycles. The number of aryl methyl sites for hydroxylation is 1. The van der Waals surface area contributed by atoms with E-state index in [0.29, 0.717) is 60.3 Å². The number of nitrogens with one attached hydrogen (secondary N) is 3. The van der Waals surface area contributed by atoms with E-state index in [2.05, 4.69) is 30.6 Å². The van der Waals surface area contributed by atoms with Gasteiger partial charge in [0.25, 0.3) is 5.56 Å². The SMILES string of the molecule is CC(=O)c1c(C)c2cnc(Nc3ccc(N4CC5C[C@H](CC4=O)N5)cn3)nc2[nH]c1=O.FC1(F)CCCC1. The van der Waals surface area contributed by atoms with Gasteiger partial charge in [-0.2, -0.15) is 4.98 Å². The van der Waals surface area contributed by atoms with E-state index in [0.717, 1.165) is 12.1 Å². The Kier molecular flexibility index (Phi) is 6.91. The molecule has 0 spiro atoms. The number of halogens is 2. The van der Waals surface area contributed by atoms with E-state index in [-0.39, 0.29) is 36.0 Å². The minimum absolute atomic E-state index is 0.0992. The van der Waals surface area contributed by atoms with E-state index in [1.807, 2.05) is 6.07 Å². The summed E-state index contributed by atoms with van der Waals surface area (Å²) in [5, 5.41) is 7.00. The van der Waals surface area contributed by atoms with E-state index in [4.69, 9.17) is 0 Å². The predicted molar refractivity (Wildman–Crippen MR) is 138 cm³/mol. The lowest BCUT2D eigenvalue weighted by Gasteiger charge is -2.34. The summed E-state index contributed by atoms with van der Waals surface area (Å²) in [6.07, 6.45) is 6.41. The normalized spacial score (nSPS) is 21.8. The zero-order valence-corrected chi connectivity index (χ0v) is 21.2. The molecule has 3 aromatic rings. The van der Waals surface area contributed by atoms with Gasteiger partial charge >= 0.3 is 0 Å². The summed E-state index contributed by atoms with van der Waals surface area (Å²) < 4.78 is 23.9. The molecule has 12 heteroatoms. The highest BCUT2D eigenvalue weighted by molar-refractivity contribution is 5.99. The molecule has 0 radical (unpaired) electrons. The third kappa shape index (κ3) is 5.40. The standard InChI is InChI=1S/C21H21N7O3.C5H8F2/c1-10-15-8-23-21(27-19(15)26-20(31)18(10)11(2)29)25-16-4-3-14(7-22-16)28-9-13-5-12(24-13)6-17(28)30;6-5(7)3-1-2-4-5/h3-4,7-8,12-13,24H,5-6,9H2,1-2H3,(H2,22,23,25,26,27,31);1-4H2/t12-,13?;/m1./s1. The number of carbonyl (C=O) groups excluding carboxylic acids is 2. The van der Waals surface area contributed by atoms with Crippen LogP contribution in [0.1, 0.15) is 61.4 Å². The highest BCUT2D eigenvalue weighted by atomic mass is 19.3. The molecular formula is C26H29F2N7O3. The molecule has 3 aromatic heterocycles. The first kappa shape index (κ1) is 25.8. The van der Waals surface area contributed by atoms with Crippen LogP contribution < -0.4 is 21.1 Å². The van der Waals surface area contributed by atoms with Crippen LogP contribution in [0, 0.1) is 6.92 Å². The number of H-pyrrole nitrogens is 1. The number of Topliss-reactive ketones (excluding diaryl/α,β-unsaturated/α-hetero) is 1. The van der Waals surface area contributed by atoms with Gasteiger partial charge in [0.2, 0.25) is 17.8 Å². The number of fused-ring (bicyclic) bond motifs is 4. The predicted octanol–water partition coefficient (Wildman–Crippen LogP) is 3.63. The fourth-order valence-corrected chi connectivity index (χ4v) is 5.15. The third-order valence-electron chi connectivity index (χ3n) is 7.18. The van der Waals surface area contributed by atoms with Gasteiger partial charge in [-0.3, -0.25) is 14.4 Å². The maximum absolute atomic E-state index is 12.4. The van der Waals surface area contributed by atoms with E-state index in [1.54, 1.807) is 30.3 Å². The molecule has 3 N–H and O–H groups in total. The molecule has 200 valence electrons. The van der Waals surface area contributed by atoms with Gasteiger partial charge in [0.1, 0.15) is 11.5 Å². The lowest BCUT2D eigenvalue weighted by molar-refractivity contribution is -0.118. The Morgan fingerprint density at radius 1 is 1.13 bits per heavy atom. The van der Waals surface area contributed by atoms with E-state index in [9.17, 15) is 23.2 Å². The van der Waals surface area contributed by atoms with Crippen LogP contribution in [0.3, 0.4) is 0 Å². The summed E-state index contributed by atoms with van der Waals surface area (Å²) in [7, 11) is 0. The maximum atomic E-state index is 12.4. The summed E-state index contributed by atoms with van der Waals surface area (Å²) in [6, 6.07) is 4.23. The molecule has 2 atom stereocenters. The van der Waals surface area contributed by atoms with E-state index < -0.39 is 11.5 Å². The minimum atomic E-state index is -2.31. The zero-order chi connectivity index (χ0) is 27.0. The second-order valence-electron chi connectivity index (χ2n) is 10.1. The Labute approximate surface area is 217 Å². The monoisotopic (exact) mass is 525 g/mol. The molecule has 3 aliphatic heterocycles. The Hall–Kier alpha value is -3.80. The van der Waals surface area contributed by atoms with Crippen molar-refractivity contribution in [2.45, 2.75) is 70.4 Å². The number of hydrogen-bond acceptors (Lipinski definition) is 8.